The van der Waals surface area contributed by atoms with Crippen LogP contribution >= 0.6 is 0 Å². The number of rotatable bonds is 5. The van der Waals surface area contributed by atoms with Gasteiger partial charge in [-0.25, -0.2) is 4.68 Å². The van der Waals surface area contributed by atoms with Crippen molar-refractivity contribution in [3.8, 4) is 0 Å². The molecule has 3 heterocycles. The summed E-state index contributed by atoms with van der Waals surface area (Å²) in [5.74, 6) is 1.17. The molecule has 2 aromatic heterocycles. The Morgan fingerprint density at radius 1 is 1.17 bits per heavy atom. The van der Waals surface area contributed by atoms with Crippen molar-refractivity contribution in [3.05, 3.63) is 64.5 Å². The predicted molar refractivity (Wildman–Crippen MR) is 115 cm³/mol. The van der Waals surface area contributed by atoms with Crippen molar-refractivity contribution in [1.82, 2.24) is 19.6 Å². The first-order chi connectivity index (χ1) is 14.4. The lowest BCUT2D eigenvalue weighted by Gasteiger charge is -2.43. The summed E-state index contributed by atoms with van der Waals surface area (Å²) in [7, 11) is 0. The van der Waals surface area contributed by atoms with Gasteiger partial charge >= 0.3 is 0 Å². The van der Waals surface area contributed by atoms with Crippen molar-refractivity contribution < 1.29 is 9.21 Å². The van der Waals surface area contributed by atoms with E-state index in [0.717, 1.165) is 36.5 Å². The molecule has 0 N–H and O–H groups in total. The number of aryl methyl sites for hydroxylation is 1. The van der Waals surface area contributed by atoms with E-state index in [2.05, 4.69) is 23.8 Å². The zero-order valence-corrected chi connectivity index (χ0v) is 17.7. The molecule has 7 heteroatoms. The molecule has 158 valence electrons. The Kier molecular flexibility index (Phi) is 5.72. The number of furan rings is 1. The van der Waals surface area contributed by atoms with Crippen LogP contribution in [0.1, 0.15) is 25.3 Å². The number of carbonyl (C=O) groups excluding carboxylic acids is 1. The van der Waals surface area contributed by atoms with Crippen molar-refractivity contribution in [2.45, 2.75) is 39.9 Å². The summed E-state index contributed by atoms with van der Waals surface area (Å²) in [6, 6.07) is 11.4. The molecule has 0 unspecified atom stereocenters. The normalized spacial score (nSPS) is 17.7. The monoisotopic (exact) mass is 408 g/mol. The Morgan fingerprint density at radius 3 is 2.63 bits per heavy atom. The van der Waals surface area contributed by atoms with Gasteiger partial charge in [0.25, 0.3) is 5.56 Å². The number of piperazine rings is 1. The molecule has 30 heavy (non-hydrogen) atoms. The zero-order valence-electron chi connectivity index (χ0n) is 17.7. The van der Waals surface area contributed by atoms with Crippen LogP contribution in [0, 0.1) is 12.8 Å². The molecule has 1 aromatic carbocycles. The van der Waals surface area contributed by atoms with E-state index in [9.17, 15) is 9.59 Å². The molecule has 1 saturated heterocycles. The average Bonchev–Trinajstić information content (AvgIpc) is 3.24. The summed E-state index contributed by atoms with van der Waals surface area (Å²) in [6.45, 7) is 9.02. The first kappa shape index (κ1) is 20.3. The molecule has 0 saturated carbocycles. The van der Waals surface area contributed by atoms with Crippen LogP contribution in [0.25, 0.3) is 10.8 Å². The molecule has 0 bridgehead atoms. The molecule has 0 spiro atoms. The van der Waals surface area contributed by atoms with Gasteiger partial charge in [0.05, 0.1) is 23.9 Å². The van der Waals surface area contributed by atoms with Crippen molar-refractivity contribution >= 4 is 16.7 Å². The second-order valence-corrected chi connectivity index (χ2v) is 8.31. The molecule has 0 aliphatic carbocycles. The number of aromatic nitrogens is 2. The van der Waals surface area contributed by atoms with E-state index >= 15 is 0 Å². The fourth-order valence-corrected chi connectivity index (χ4v) is 4.25. The molecule has 1 fully saturated rings. The molecule has 4 rings (SSSR count). The van der Waals surface area contributed by atoms with Crippen LogP contribution in [0.15, 0.2) is 51.9 Å². The van der Waals surface area contributed by atoms with E-state index in [1.54, 1.807) is 12.3 Å². The summed E-state index contributed by atoms with van der Waals surface area (Å²) in [4.78, 5) is 30.3. The number of benzene rings is 1. The van der Waals surface area contributed by atoms with E-state index in [1.807, 2.05) is 42.2 Å². The third-order valence-electron chi connectivity index (χ3n) is 5.89. The van der Waals surface area contributed by atoms with Crippen LogP contribution in [-0.4, -0.2) is 51.2 Å². The summed E-state index contributed by atoms with van der Waals surface area (Å²) >= 11 is 0. The van der Waals surface area contributed by atoms with Crippen LogP contribution in [0.5, 0.6) is 0 Å². The second kappa shape index (κ2) is 8.44. The minimum Gasteiger partial charge on any atom is -0.468 e. The first-order valence-corrected chi connectivity index (χ1v) is 10.4. The highest BCUT2D eigenvalue weighted by Crippen LogP contribution is 2.20. The molecule has 1 atom stereocenters. The summed E-state index contributed by atoms with van der Waals surface area (Å²) < 4.78 is 6.79. The van der Waals surface area contributed by atoms with E-state index in [0.29, 0.717) is 17.8 Å². The van der Waals surface area contributed by atoms with Crippen LogP contribution in [-0.2, 0) is 17.9 Å². The highest BCUT2D eigenvalue weighted by Gasteiger charge is 2.33. The SMILES string of the molecule is Cc1nn(CC(=O)N2CCN(Cc3ccco3)C[C@@H]2C(C)C)c(=O)c2ccccc12. The van der Waals surface area contributed by atoms with E-state index in [4.69, 9.17) is 4.42 Å². The van der Waals surface area contributed by atoms with Gasteiger partial charge in [0.2, 0.25) is 5.91 Å². The fourth-order valence-electron chi connectivity index (χ4n) is 4.25. The fraction of sp³-hybridized carbons (Fsp3) is 0.435. The minimum absolute atomic E-state index is 0.0358. The highest BCUT2D eigenvalue weighted by molar-refractivity contribution is 5.83. The van der Waals surface area contributed by atoms with Crippen LogP contribution in [0.4, 0.5) is 0 Å². The molecule has 1 amide bonds. The van der Waals surface area contributed by atoms with E-state index in [-0.39, 0.29) is 24.1 Å². The molecule has 1 aliphatic heterocycles. The Hall–Kier alpha value is -2.93. The minimum atomic E-state index is -0.220. The molecule has 7 nitrogen and oxygen atoms in total. The zero-order chi connectivity index (χ0) is 21.3. The highest BCUT2D eigenvalue weighted by atomic mass is 16.3. The van der Waals surface area contributed by atoms with Crippen molar-refractivity contribution in [1.29, 1.82) is 0 Å². The number of fused-ring (bicyclic) bond motifs is 1. The van der Waals surface area contributed by atoms with Gasteiger partial charge in [-0.15, -0.1) is 0 Å². The Balaban J connectivity index is 1.52. The maximum atomic E-state index is 13.2. The Labute approximate surface area is 175 Å². The van der Waals surface area contributed by atoms with Crippen molar-refractivity contribution in [2.24, 2.45) is 5.92 Å². The largest absolute Gasteiger partial charge is 0.468 e. The van der Waals surface area contributed by atoms with E-state index in [1.165, 1.54) is 4.68 Å². The first-order valence-electron chi connectivity index (χ1n) is 10.4. The molecule has 0 radical (unpaired) electrons. The predicted octanol–water partition coefficient (Wildman–Crippen LogP) is 2.67. The molecule has 3 aromatic rings. The summed E-state index contributed by atoms with van der Waals surface area (Å²) in [5.41, 5.74) is 0.531. The van der Waals surface area contributed by atoms with Gasteiger partial charge in [0.1, 0.15) is 12.3 Å². The lowest BCUT2D eigenvalue weighted by molar-refractivity contribution is -0.138. The van der Waals surface area contributed by atoms with Gasteiger partial charge in [-0.05, 0) is 31.0 Å². The van der Waals surface area contributed by atoms with Crippen LogP contribution in [0.3, 0.4) is 0 Å². The summed E-state index contributed by atoms with van der Waals surface area (Å²) in [5, 5.41) is 5.83. The maximum Gasteiger partial charge on any atom is 0.275 e. The van der Waals surface area contributed by atoms with Gasteiger partial charge in [-0.2, -0.15) is 5.10 Å². The van der Waals surface area contributed by atoms with Crippen LogP contribution in [0.2, 0.25) is 0 Å². The van der Waals surface area contributed by atoms with Crippen LogP contribution < -0.4 is 5.56 Å². The topological polar surface area (TPSA) is 71.6 Å². The quantitative estimate of drug-likeness (QED) is 0.649. The summed E-state index contributed by atoms with van der Waals surface area (Å²) in [6.07, 6.45) is 1.69. The van der Waals surface area contributed by atoms with E-state index < -0.39 is 0 Å². The smallest absolute Gasteiger partial charge is 0.275 e. The van der Waals surface area contributed by atoms with Crippen molar-refractivity contribution in [3.63, 3.8) is 0 Å². The number of hydrogen-bond donors (Lipinski definition) is 0. The Morgan fingerprint density at radius 2 is 1.93 bits per heavy atom. The Bertz CT molecular complexity index is 1090. The average molecular weight is 409 g/mol. The number of nitrogens with zero attached hydrogens (tertiary/aromatic N) is 4. The standard InChI is InChI=1S/C23H28N4O3/c1-16(2)21-14-25(13-18-7-6-12-30-18)10-11-26(21)22(28)15-27-23(29)20-9-5-4-8-19(20)17(3)24-27/h4-9,12,16,21H,10-11,13-15H2,1-3H3/t21-/m1/s1. The second-order valence-electron chi connectivity index (χ2n) is 8.31. The lowest BCUT2D eigenvalue weighted by Crippen LogP contribution is -2.57. The van der Waals surface area contributed by atoms with Gasteiger partial charge in [-0.3, -0.25) is 14.5 Å². The van der Waals surface area contributed by atoms with Gasteiger partial charge < -0.3 is 9.32 Å². The number of carbonyl (C=O) groups is 1. The molecular formula is C23H28N4O3. The van der Waals surface area contributed by atoms with Gasteiger partial charge in [-0.1, -0.05) is 32.0 Å². The maximum absolute atomic E-state index is 13.2. The van der Waals surface area contributed by atoms with Crippen molar-refractivity contribution in [2.75, 3.05) is 19.6 Å². The number of hydrogen-bond acceptors (Lipinski definition) is 5. The van der Waals surface area contributed by atoms with Gasteiger partial charge in [0.15, 0.2) is 0 Å². The third-order valence-corrected chi connectivity index (χ3v) is 5.89. The molecule has 1 aliphatic rings. The molecular weight excluding hydrogens is 380 g/mol. The van der Waals surface area contributed by atoms with Gasteiger partial charge in [0, 0.05) is 31.1 Å². The third kappa shape index (κ3) is 4.03. The lowest BCUT2D eigenvalue weighted by atomic mass is 9.99. The number of amides is 1.